The first-order valence-electron chi connectivity index (χ1n) is 5.23. The molecule has 4 nitrogen and oxygen atoms in total. The molecule has 18 heavy (non-hydrogen) atoms. The number of ether oxygens (including phenoxy) is 1. The van der Waals surface area contributed by atoms with Crippen LogP contribution in [0.4, 0.5) is 13.2 Å². The van der Waals surface area contributed by atoms with Gasteiger partial charge in [-0.25, -0.2) is 4.79 Å². The molecule has 0 heterocycles. The van der Waals surface area contributed by atoms with E-state index in [1.165, 1.54) is 0 Å². The number of carbonyl (C=O) groups excluding carboxylic acids is 2. The second-order valence-electron chi connectivity index (χ2n) is 4.08. The predicted molar refractivity (Wildman–Crippen MR) is 58.6 cm³/mol. The summed E-state index contributed by atoms with van der Waals surface area (Å²) in [5, 5.41) is 2.18. The number of methoxy groups -OCH3 is 1. The Labute approximate surface area is 103 Å². The highest BCUT2D eigenvalue weighted by Gasteiger charge is 2.31. The summed E-state index contributed by atoms with van der Waals surface area (Å²) < 4.78 is 41.0. The van der Waals surface area contributed by atoms with E-state index in [2.05, 4.69) is 10.1 Å². The number of hydrogen-bond acceptors (Lipinski definition) is 3. The van der Waals surface area contributed by atoms with E-state index in [-0.39, 0.29) is 5.92 Å². The van der Waals surface area contributed by atoms with Crippen molar-refractivity contribution in [2.24, 2.45) is 5.92 Å². The summed E-state index contributed by atoms with van der Waals surface area (Å²) in [4.78, 5) is 22.6. The van der Waals surface area contributed by atoms with Crippen molar-refractivity contribution < 1.29 is 27.5 Å². The molecule has 0 spiro atoms. The van der Waals surface area contributed by atoms with Gasteiger partial charge in [0.05, 0.1) is 7.11 Å². The van der Waals surface area contributed by atoms with Gasteiger partial charge in [-0.05, 0) is 12.8 Å². The third-order valence-electron chi connectivity index (χ3n) is 2.21. The van der Waals surface area contributed by atoms with Gasteiger partial charge in [-0.3, -0.25) is 4.79 Å². The summed E-state index contributed by atoms with van der Waals surface area (Å²) in [6.45, 7) is 4.06. The molecule has 0 aliphatic heterocycles. The van der Waals surface area contributed by atoms with E-state index in [0.717, 1.165) is 14.0 Å². The number of carbonyl (C=O) groups is 2. The summed E-state index contributed by atoms with van der Waals surface area (Å²) in [7, 11) is 1.14. The standard InChI is InChI=1S/C11H16F3NO3/c1-6(2)9(10(17)18-4)15-8(16)5-7(3)11(12,13)14/h5-6,9H,1-4H3,(H,15,16)/b7-5+. The zero-order valence-corrected chi connectivity index (χ0v) is 10.6. The van der Waals surface area contributed by atoms with E-state index >= 15 is 0 Å². The Morgan fingerprint density at radius 3 is 2.11 bits per heavy atom. The van der Waals surface area contributed by atoms with Crippen LogP contribution in [0.15, 0.2) is 11.6 Å². The lowest BCUT2D eigenvalue weighted by Crippen LogP contribution is -2.44. The Morgan fingerprint density at radius 2 is 1.78 bits per heavy atom. The van der Waals surface area contributed by atoms with Crippen LogP contribution in [0.2, 0.25) is 0 Å². The van der Waals surface area contributed by atoms with Crippen LogP contribution in [0.3, 0.4) is 0 Å². The van der Waals surface area contributed by atoms with Gasteiger partial charge in [0.2, 0.25) is 5.91 Å². The number of esters is 1. The van der Waals surface area contributed by atoms with E-state index in [1.807, 2.05) is 0 Å². The lowest BCUT2D eigenvalue weighted by atomic mass is 10.0. The van der Waals surface area contributed by atoms with Crippen molar-refractivity contribution in [3.63, 3.8) is 0 Å². The van der Waals surface area contributed by atoms with Gasteiger partial charge >= 0.3 is 12.1 Å². The number of nitrogens with one attached hydrogen (secondary N) is 1. The molecule has 0 aliphatic carbocycles. The average Bonchev–Trinajstić information content (AvgIpc) is 2.23. The van der Waals surface area contributed by atoms with Crippen molar-refractivity contribution in [1.29, 1.82) is 0 Å². The zero-order chi connectivity index (χ0) is 14.5. The normalized spacial score (nSPS) is 14.3. The maximum Gasteiger partial charge on any atom is 0.412 e. The molecule has 0 aliphatic rings. The maximum absolute atomic E-state index is 12.2. The molecule has 104 valence electrons. The molecular weight excluding hydrogens is 251 g/mol. The minimum Gasteiger partial charge on any atom is -0.467 e. The van der Waals surface area contributed by atoms with Crippen molar-refractivity contribution in [3.8, 4) is 0 Å². The van der Waals surface area contributed by atoms with E-state index in [1.54, 1.807) is 13.8 Å². The molecule has 1 N–H and O–H groups in total. The molecule has 0 saturated heterocycles. The van der Waals surface area contributed by atoms with Gasteiger partial charge in [0.15, 0.2) is 0 Å². The highest BCUT2D eigenvalue weighted by molar-refractivity contribution is 5.92. The van der Waals surface area contributed by atoms with Crippen LogP contribution >= 0.6 is 0 Å². The van der Waals surface area contributed by atoms with Gasteiger partial charge < -0.3 is 10.1 Å². The number of hydrogen-bond donors (Lipinski definition) is 1. The number of amides is 1. The Bertz CT molecular complexity index is 348. The van der Waals surface area contributed by atoms with Crippen LogP contribution in [0.1, 0.15) is 20.8 Å². The third kappa shape index (κ3) is 5.20. The van der Waals surface area contributed by atoms with Crippen molar-refractivity contribution in [3.05, 3.63) is 11.6 Å². The summed E-state index contributed by atoms with van der Waals surface area (Å²) in [6.07, 6.45) is -4.14. The van der Waals surface area contributed by atoms with E-state index < -0.39 is 29.7 Å². The van der Waals surface area contributed by atoms with Crippen molar-refractivity contribution in [2.45, 2.75) is 33.0 Å². The Balaban J connectivity index is 4.78. The van der Waals surface area contributed by atoms with Gasteiger partial charge in [0, 0.05) is 11.6 Å². The van der Waals surface area contributed by atoms with Crippen molar-refractivity contribution in [1.82, 2.24) is 5.32 Å². The van der Waals surface area contributed by atoms with Crippen molar-refractivity contribution >= 4 is 11.9 Å². The molecule has 0 aromatic heterocycles. The van der Waals surface area contributed by atoms with Crippen LogP contribution in [-0.4, -0.2) is 31.2 Å². The molecule has 0 saturated carbocycles. The third-order valence-corrected chi connectivity index (χ3v) is 2.21. The fourth-order valence-corrected chi connectivity index (χ4v) is 1.10. The molecule has 7 heteroatoms. The highest BCUT2D eigenvalue weighted by Crippen LogP contribution is 2.24. The van der Waals surface area contributed by atoms with Crippen LogP contribution in [0, 0.1) is 5.92 Å². The Kier molecular flexibility index (Phi) is 5.87. The quantitative estimate of drug-likeness (QED) is 0.624. The predicted octanol–water partition coefficient (Wildman–Crippen LogP) is 1.81. The number of allylic oxidation sites excluding steroid dienone is 1. The maximum atomic E-state index is 12.2. The molecule has 0 fully saturated rings. The largest absolute Gasteiger partial charge is 0.467 e. The van der Waals surface area contributed by atoms with Gasteiger partial charge in [-0.1, -0.05) is 13.8 Å². The van der Waals surface area contributed by atoms with Gasteiger partial charge in [0.1, 0.15) is 6.04 Å². The van der Waals surface area contributed by atoms with Crippen molar-refractivity contribution in [2.75, 3.05) is 7.11 Å². The summed E-state index contributed by atoms with van der Waals surface area (Å²) in [5.74, 6) is -1.97. The summed E-state index contributed by atoms with van der Waals surface area (Å²) in [6, 6.07) is -0.972. The summed E-state index contributed by atoms with van der Waals surface area (Å²) >= 11 is 0. The first-order chi connectivity index (χ1) is 8.09. The number of alkyl halides is 3. The number of rotatable bonds is 4. The zero-order valence-electron chi connectivity index (χ0n) is 10.6. The molecule has 0 aromatic carbocycles. The first-order valence-corrected chi connectivity index (χ1v) is 5.23. The van der Waals surface area contributed by atoms with Crippen LogP contribution in [0.5, 0.6) is 0 Å². The minimum atomic E-state index is -4.56. The molecule has 1 amide bonds. The average molecular weight is 267 g/mol. The van der Waals surface area contributed by atoms with E-state index in [9.17, 15) is 22.8 Å². The lowest BCUT2D eigenvalue weighted by molar-refractivity contribution is -0.145. The first kappa shape index (κ1) is 16.5. The SMILES string of the molecule is COC(=O)C(NC(=O)/C=C(\C)C(F)(F)F)C(C)C. The molecule has 0 radical (unpaired) electrons. The lowest BCUT2D eigenvalue weighted by Gasteiger charge is -2.19. The monoisotopic (exact) mass is 267 g/mol. The second-order valence-corrected chi connectivity index (χ2v) is 4.08. The molecule has 0 aromatic rings. The second kappa shape index (κ2) is 6.42. The van der Waals surface area contributed by atoms with Gasteiger partial charge in [-0.15, -0.1) is 0 Å². The van der Waals surface area contributed by atoms with Crippen LogP contribution < -0.4 is 5.32 Å². The highest BCUT2D eigenvalue weighted by atomic mass is 19.4. The van der Waals surface area contributed by atoms with Crippen LogP contribution in [0.25, 0.3) is 0 Å². The molecule has 1 atom stereocenters. The van der Waals surface area contributed by atoms with Crippen LogP contribution in [-0.2, 0) is 14.3 Å². The van der Waals surface area contributed by atoms with Gasteiger partial charge in [0.25, 0.3) is 0 Å². The smallest absolute Gasteiger partial charge is 0.412 e. The Morgan fingerprint density at radius 1 is 1.28 bits per heavy atom. The minimum absolute atomic E-state index is 0.291. The Hall–Kier alpha value is -1.53. The molecule has 0 bridgehead atoms. The van der Waals surface area contributed by atoms with E-state index in [0.29, 0.717) is 6.08 Å². The molecular formula is C11H16F3NO3. The fraction of sp³-hybridized carbons (Fsp3) is 0.636. The van der Waals surface area contributed by atoms with Gasteiger partial charge in [-0.2, -0.15) is 13.2 Å². The summed E-state index contributed by atoms with van der Waals surface area (Å²) in [5.41, 5.74) is -1.03. The van der Waals surface area contributed by atoms with E-state index in [4.69, 9.17) is 0 Å². The molecule has 1 unspecified atom stereocenters. The molecule has 0 rings (SSSR count). The number of halogens is 3. The topological polar surface area (TPSA) is 55.4 Å². The fourth-order valence-electron chi connectivity index (χ4n) is 1.10.